The van der Waals surface area contributed by atoms with E-state index >= 15 is 0 Å². The molecule has 3 N–H and O–H groups in total. The van der Waals surface area contributed by atoms with Crippen LogP contribution in [-0.4, -0.2) is 29.6 Å². The molecule has 0 heterocycles. The fraction of sp³-hybridized carbons (Fsp3) is 0.600. The van der Waals surface area contributed by atoms with Crippen molar-refractivity contribution in [3.8, 4) is 0 Å². The van der Waals surface area contributed by atoms with Crippen LogP contribution in [-0.2, 0) is 6.54 Å². The number of nitrogens with zero attached hydrogens (tertiary/aromatic N) is 1. The zero-order chi connectivity index (χ0) is 13.5. The molecule has 3 nitrogen and oxygen atoms in total. The molecule has 2 unspecified atom stereocenters. The largest absolute Gasteiger partial charge is 0.387 e. The minimum Gasteiger partial charge on any atom is -0.387 e. The van der Waals surface area contributed by atoms with Crippen LogP contribution in [0.4, 0.5) is 0 Å². The molecule has 0 bridgehead atoms. The van der Waals surface area contributed by atoms with Crippen LogP contribution in [0.25, 0.3) is 0 Å². The lowest BCUT2D eigenvalue weighted by Gasteiger charge is -2.27. The number of aliphatic hydroxyl groups excluding tert-OH is 1. The first-order valence-electron chi connectivity index (χ1n) is 6.75. The van der Waals surface area contributed by atoms with Crippen molar-refractivity contribution in [2.45, 2.75) is 45.4 Å². The van der Waals surface area contributed by atoms with E-state index in [0.29, 0.717) is 19.1 Å². The second-order valence-corrected chi connectivity index (χ2v) is 5.04. The first kappa shape index (κ1) is 15.2. The Balaban J connectivity index is 2.55. The van der Waals surface area contributed by atoms with E-state index in [1.807, 2.05) is 24.3 Å². The fourth-order valence-electron chi connectivity index (χ4n) is 2.07. The van der Waals surface area contributed by atoms with Gasteiger partial charge in [-0.2, -0.15) is 0 Å². The Labute approximate surface area is 111 Å². The molecule has 2 atom stereocenters. The van der Waals surface area contributed by atoms with Crippen molar-refractivity contribution in [2.75, 3.05) is 13.6 Å². The van der Waals surface area contributed by atoms with Crippen LogP contribution in [0, 0.1) is 0 Å². The maximum atomic E-state index is 10.2. The van der Waals surface area contributed by atoms with Crippen molar-refractivity contribution in [3.05, 3.63) is 35.4 Å². The summed E-state index contributed by atoms with van der Waals surface area (Å²) >= 11 is 0. The lowest BCUT2D eigenvalue weighted by Crippen LogP contribution is -2.32. The third kappa shape index (κ3) is 4.41. The molecule has 0 spiro atoms. The Morgan fingerprint density at radius 1 is 1.28 bits per heavy atom. The standard InChI is InChI=1S/C15H26N2O/c1-4-5-12(2)17(3)11-15(18)14-8-6-13(10-16)7-9-14/h6-9,12,15,18H,4-5,10-11,16H2,1-3H3. The molecule has 0 saturated heterocycles. The maximum absolute atomic E-state index is 10.2. The summed E-state index contributed by atoms with van der Waals surface area (Å²) in [5.41, 5.74) is 7.62. The van der Waals surface area contributed by atoms with Crippen LogP contribution in [0.3, 0.4) is 0 Å². The number of nitrogens with two attached hydrogens (primary N) is 1. The van der Waals surface area contributed by atoms with Crippen molar-refractivity contribution in [1.29, 1.82) is 0 Å². The van der Waals surface area contributed by atoms with Crippen molar-refractivity contribution >= 4 is 0 Å². The molecule has 0 aliphatic carbocycles. The minimum atomic E-state index is -0.430. The molecule has 102 valence electrons. The van der Waals surface area contributed by atoms with Crippen LogP contribution in [0.5, 0.6) is 0 Å². The van der Waals surface area contributed by atoms with E-state index in [1.165, 1.54) is 6.42 Å². The zero-order valence-electron chi connectivity index (χ0n) is 11.8. The first-order chi connectivity index (χ1) is 8.58. The van der Waals surface area contributed by atoms with E-state index < -0.39 is 6.10 Å². The molecule has 0 amide bonds. The summed E-state index contributed by atoms with van der Waals surface area (Å²) in [4.78, 5) is 2.21. The van der Waals surface area contributed by atoms with Crippen molar-refractivity contribution in [2.24, 2.45) is 5.73 Å². The Bertz CT molecular complexity index is 337. The van der Waals surface area contributed by atoms with Gasteiger partial charge in [0.1, 0.15) is 0 Å². The molecule has 3 heteroatoms. The summed E-state index contributed by atoms with van der Waals surface area (Å²) in [5.74, 6) is 0. The summed E-state index contributed by atoms with van der Waals surface area (Å²) in [6.45, 7) is 5.60. The van der Waals surface area contributed by atoms with E-state index in [4.69, 9.17) is 5.73 Å². The number of hydrogen-bond donors (Lipinski definition) is 2. The summed E-state index contributed by atoms with van der Waals surface area (Å²) in [6.07, 6.45) is 1.91. The van der Waals surface area contributed by atoms with Gasteiger partial charge in [-0.25, -0.2) is 0 Å². The van der Waals surface area contributed by atoms with Gasteiger partial charge in [0.2, 0.25) is 0 Å². The number of rotatable bonds is 7. The summed E-state index contributed by atoms with van der Waals surface area (Å²) in [6, 6.07) is 8.39. The average Bonchev–Trinajstić information content (AvgIpc) is 2.39. The van der Waals surface area contributed by atoms with Gasteiger partial charge in [0.05, 0.1) is 6.10 Å². The SMILES string of the molecule is CCCC(C)N(C)CC(O)c1ccc(CN)cc1. The van der Waals surface area contributed by atoms with Crippen molar-refractivity contribution in [1.82, 2.24) is 4.90 Å². The Morgan fingerprint density at radius 3 is 2.39 bits per heavy atom. The van der Waals surface area contributed by atoms with E-state index in [2.05, 4.69) is 25.8 Å². The van der Waals surface area contributed by atoms with Gasteiger partial charge in [-0.1, -0.05) is 37.6 Å². The quantitative estimate of drug-likeness (QED) is 0.780. The maximum Gasteiger partial charge on any atom is 0.0916 e. The molecule has 18 heavy (non-hydrogen) atoms. The van der Waals surface area contributed by atoms with Gasteiger partial charge in [-0.3, -0.25) is 0 Å². The molecule has 1 rings (SSSR count). The smallest absolute Gasteiger partial charge is 0.0916 e. The molecule has 1 aromatic rings. The molecule has 0 aromatic heterocycles. The molecule has 0 aliphatic rings. The van der Waals surface area contributed by atoms with Gasteiger partial charge < -0.3 is 15.7 Å². The first-order valence-corrected chi connectivity index (χ1v) is 6.75. The second-order valence-electron chi connectivity index (χ2n) is 5.04. The van der Waals surface area contributed by atoms with Crippen molar-refractivity contribution in [3.63, 3.8) is 0 Å². The van der Waals surface area contributed by atoms with Crippen LogP contribution >= 0.6 is 0 Å². The van der Waals surface area contributed by atoms with Crippen molar-refractivity contribution < 1.29 is 5.11 Å². The Kier molecular flexibility index (Phi) is 6.33. The van der Waals surface area contributed by atoms with Gasteiger partial charge in [0.15, 0.2) is 0 Å². The van der Waals surface area contributed by atoms with E-state index in [0.717, 1.165) is 17.5 Å². The predicted octanol–water partition coefficient (Wildman–Crippen LogP) is 2.30. The zero-order valence-corrected chi connectivity index (χ0v) is 11.8. The number of aliphatic hydroxyl groups is 1. The monoisotopic (exact) mass is 250 g/mol. The summed E-state index contributed by atoms with van der Waals surface area (Å²) < 4.78 is 0. The third-order valence-electron chi connectivity index (χ3n) is 3.52. The lowest BCUT2D eigenvalue weighted by atomic mass is 10.1. The highest BCUT2D eigenvalue weighted by atomic mass is 16.3. The summed E-state index contributed by atoms with van der Waals surface area (Å²) in [5, 5.41) is 10.2. The van der Waals surface area contributed by atoms with Crippen LogP contribution in [0.15, 0.2) is 24.3 Å². The normalized spacial score (nSPS) is 14.8. The average molecular weight is 250 g/mol. The molecule has 0 fully saturated rings. The van der Waals surface area contributed by atoms with Gasteiger partial charge in [-0.15, -0.1) is 0 Å². The number of hydrogen-bond acceptors (Lipinski definition) is 3. The highest BCUT2D eigenvalue weighted by Gasteiger charge is 2.14. The number of benzene rings is 1. The Hall–Kier alpha value is -0.900. The molecule has 0 radical (unpaired) electrons. The van der Waals surface area contributed by atoms with Gasteiger partial charge >= 0.3 is 0 Å². The van der Waals surface area contributed by atoms with Crippen LogP contribution in [0.1, 0.15) is 43.9 Å². The number of likely N-dealkylation sites (N-methyl/N-ethyl adjacent to an activating group) is 1. The third-order valence-corrected chi connectivity index (χ3v) is 3.52. The molecule has 1 aromatic carbocycles. The minimum absolute atomic E-state index is 0.430. The van der Waals surface area contributed by atoms with E-state index in [9.17, 15) is 5.11 Å². The topological polar surface area (TPSA) is 49.5 Å². The predicted molar refractivity (Wildman–Crippen MR) is 76.3 cm³/mol. The Morgan fingerprint density at radius 2 is 1.89 bits per heavy atom. The van der Waals surface area contributed by atoms with Crippen LogP contribution < -0.4 is 5.73 Å². The second kappa shape index (κ2) is 7.52. The van der Waals surface area contributed by atoms with E-state index in [-0.39, 0.29) is 0 Å². The fourth-order valence-corrected chi connectivity index (χ4v) is 2.07. The summed E-state index contributed by atoms with van der Waals surface area (Å²) in [7, 11) is 2.07. The molecular formula is C15H26N2O. The van der Waals surface area contributed by atoms with E-state index in [1.54, 1.807) is 0 Å². The lowest BCUT2D eigenvalue weighted by molar-refractivity contribution is 0.106. The van der Waals surface area contributed by atoms with Crippen LogP contribution in [0.2, 0.25) is 0 Å². The van der Waals surface area contributed by atoms with Gasteiger partial charge in [0.25, 0.3) is 0 Å². The molecule has 0 aliphatic heterocycles. The molecular weight excluding hydrogens is 224 g/mol. The highest BCUT2D eigenvalue weighted by molar-refractivity contribution is 5.24. The van der Waals surface area contributed by atoms with Gasteiger partial charge in [-0.05, 0) is 31.5 Å². The van der Waals surface area contributed by atoms with Gasteiger partial charge in [0, 0.05) is 19.1 Å². The highest BCUT2D eigenvalue weighted by Crippen LogP contribution is 2.16. The molecule has 0 saturated carbocycles.